The Morgan fingerprint density at radius 2 is 2.20 bits per heavy atom. The average molecular weight is 290 g/mol. The van der Waals surface area contributed by atoms with Crippen LogP contribution in [-0.2, 0) is 6.42 Å². The first kappa shape index (κ1) is 13.2. The molecule has 0 fully saturated rings. The van der Waals surface area contributed by atoms with Gasteiger partial charge in [-0.25, -0.2) is 0 Å². The van der Waals surface area contributed by atoms with Gasteiger partial charge >= 0.3 is 0 Å². The van der Waals surface area contributed by atoms with Gasteiger partial charge in [-0.1, -0.05) is 26.7 Å². The molecule has 1 aromatic rings. The predicted molar refractivity (Wildman–Crippen MR) is 72.5 cm³/mol. The van der Waals surface area contributed by atoms with E-state index in [1.54, 1.807) is 11.3 Å². The Labute approximate surface area is 105 Å². The molecule has 0 amide bonds. The minimum absolute atomic E-state index is 0.000301. The van der Waals surface area contributed by atoms with Crippen LogP contribution >= 0.6 is 27.3 Å². The van der Waals surface area contributed by atoms with E-state index in [1.807, 2.05) is 0 Å². The number of rotatable bonds is 6. The second-order valence-corrected chi connectivity index (χ2v) is 6.14. The third-order valence-corrected chi connectivity index (χ3v) is 4.58. The second-order valence-electron chi connectivity index (χ2n) is 4.23. The summed E-state index contributed by atoms with van der Waals surface area (Å²) in [5, 5.41) is 2.13. The van der Waals surface area contributed by atoms with Crippen LogP contribution in [0.2, 0.25) is 0 Å². The Kier molecular flexibility index (Phi) is 5.30. The number of halogens is 1. The van der Waals surface area contributed by atoms with E-state index in [0.717, 1.165) is 19.3 Å². The van der Waals surface area contributed by atoms with E-state index in [1.165, 1.54) is 22.2 Å². The third kappa shape index (κ3) is 4.25. The van der Waals surface area contributed by atoms with E-state index in [-0.39, 0.29) is 5.54 Å². The molecule has 3 heteroatoms. The van der Waals surface area contributed by atoms with Crippen LogP contribution in [0.5, 0.6) is 0 Å². The first-order valence-electron chi connectivity index (χ1n) is 5.61. The van der Waals surface area contributed by atoms with Crippen LogP contribution in [0.3, 0.4) is 0 Å². The van der Waals surface area contributed by atoms with E-state index >= 15 is 0 Å². The number of hydrogen-bond donors (Lipinski definition) is 1. The van der Waals surface area contributed by atoms with Crippen LogP contribution in [0.4, 0.5) is 0 Å². The van der Waals surface area contributed by atoms with Crippen LogP contribution in [0, 0.1) is 0 Å². The predicted octanol–water partition coefficient (Wildman–Crippen LogP) is 4.35. The van der Waals surface area contributed by atoms with Gasteiger partial charge in [-0.2, -0.15) is 0 Å². The molecule has 1 unspecified atom stereocenters. The fourth-order valence-electron chi connectivity index (χ4n) is 1.71. The molecule has 1 rings (SSSR count). The maximum Gasteiger partial charge on any atom is 0.0285 e. The maximum absolute atomic E-state index is 6.42. The summed E-state index contributed by atoms with van der Waals surface area (Å²) in [6, 6.07) is 2.19. The van der Waals surface area contributed by atoms with Crippen molar-refractivity contribution in [2.24, 2.45) is 5.73 Å². The number of hydrogen-bond acceptors (Lipinski definition) is 2. The lowest BCUT2D eigenvalue weighted by Crippen LogP contribution is -2.41. The molecule has 0 aliphatic heterocycles. The van der Waals surface area contributed by atoms with Crippen LogP contribution in [0.25, 0.3) is 0 Å². The van der Waals surface area contributed by atoms with Crippen molar-refractivity contribution >= 4 is 27.3 Å². The summed E-state index contributed by atoms with van der Waals surface area (Å²) in [7, 11) is 0. The van der Waals surface area contributed by atoms with E-state index in [4.69, 9.17) is 5.73 Å². The van der Waals surface area contributed by atoms with Crippen molar-refractivity contribution in [2.45, 2.75) is 51.5 Å². The zero-order chi connectivity index (χ0) is 11.3. The number of unbranched alkanes of at least 4 members (excludes halogenated alkanes) is 1. The lowest BCUT2D eigenvalue weighted by atomic mass is 9.87. The van der Waals surface area contributed by atoms with Crippen molar-refractivity contribution < 1.29 is 0 Å². The Bertz CT molecular complexity index is 298. The molecule has 0 spiro atoms. The van der Waals surface area contributed by atoms with Gasteiger partial charge in [0.15, 0.2) is 0 Å². The van der Waals surface area contributed by atoms with Crippen molar-refractivity contribution in [3.63, 3.8) is 0 Å². The van der Waals surface area contributed by atoms with E-state index in [9.17, 15) is 0 Å². The molecular weight excluding hydrogens is 270 g/mol. The molecule has 0 saturated heterocycles. The van der Waals surface area contributed by atoms with E-state index in [2.05, 4.69) is 41.2 Å². The van der Waals surface area contributed by atoms with Gasteiger partial charge < -0.3 is 5.73 Å². The van der Waals surface area contributed by atoms with Gasteiger partial charge in [0, 0.05) is 20.3 Å². The largest absolute Gasteiger partial charge is 0.325 e. The average Bonchev–Trinajstić information content (AvgIpc) is 2.61. The Morgan fingerprint density at radius 3 is 2.67 bits per heavy atom. The summed E-state index contributed by atoms with van der Waals surface area (Å²) in [5.41, 5.74) is 6.42. The maximum atomic E-state index is 6.42. The van der Waals surface area contributed by atoms with E-state index in [0.29, 0.717) is 0 Å². The van der Waals surface area contributed by atoms with Gasteiger partial charge in [0.25, 0.3) is 0 Å². The first-order valence-corrected chi connectivity index (χ1v) is 7.28. The Hall–Kier alpha value is 0.140. The van der Waals surface area contributed by atoms with Crippen LogP contribution in [0.1, 0.15) is 44.4 Å². The Morgan fingerprint density at radius 1 is 1.47 bits per heavy atom. The molecule has 1 aromatic heterocycles. The van der Waals surface area contributed by atoms with Crippen molar-refractivity contribution in [1.29, 1.82) is 0 Å². The molecule has 0 aliphatic rings. The van der Waals surface area contributed by atoms with Gasteiger partial charge in [0.1, 0.15) is 0 Å². The molecule has 0 bridgehead atoms. The molecule has 0 aliphatic carbocycles. The quantitative estimate of drug-likeness (QED) is 0.828. The van der Waals surface area contributed by atoms with Crippen molar-refractivity contribution in [3.8, 4) is 0 Å². The minimum atomic E-state index is 0.000301. The highest BCUT2D eigenvalue weighted by Gasteiger charge is 2.22. The molecule has 1 heterocycles. The van der Waals surface area contributed by atoms with Gasteiger partial charge in [-0.15, -0.1) is 11.3 Å². The molecule has 0 radical (unpaired) electrons. The third-order valence-electron chi connectivity index (χ3n) is 2.88. The highest BCUT2D eigenvalue weighted by atomic mass is 79.9. The summed E-state index contributed by atoms with van der Waals surface area (Å²) in [4.78, 5) is 1.39. The summed E-state index contributed by atoms with van der Waals surface area (Å²) < 4.78 is 1.18. The van der Waals surface area contributed by atoms with Crippen LogP contribution in [-0.4, -0.2) is 5.54 Å². The standard InChI is InChI=1S/C12H20BrNS/c1-3-5-6-12(14,4-2)8-11-7-10(13)9-15-11/h7,9H,3-6,8,14H2,1-2H3. The topological polar surface area (TPSA) is 26.0 Å². The summed E-state index contributed by atoms with van der Waals surface area (Å²) in [5.74, 6) is 0. The van der Waals surface area contributed by atoms with Crippen LogP contribution < -0.4 is 5.73 Å². The molecule has 2 N–H and O–H groups in total. The zero-order valence-electron chi connectivity index (χ0n) is 9.55. The fraction of sp³-hybridized carbons (Fsp3) is 0.667. The van der Waals surface area contributed by atoms with Gasteiger partial charge in [0.2, 0.25) is 0 Å². The lowest BCUT2D eigenvalue weighted by molar-refractivity contribution is 0.367. The highest BCUT2D eigenvalue weighted by molar-refractivity contribution is 9.10. The van der Waals surface area contributed by atoms with Crippen molar-refractivity contribution in [3.05, 3.63) is 20.8 Å². The molecule has 86 valence electrons. The van der Waals surface area contributed by atoms with Crippen molar-refractivity contribution in [1.82, 2.24) is 0 Å². The molecule has 0 aromatic carbocycles. The fourth-order valence-corrected chi connectivity index (χ4v) is 3.32. The molecule has 1 nitrogen and oxygen atoms in total. The monoisotopic (exact) mass is 289 g/mol. The van der Waals surface area contributed by atoms with E-state index < -0.39 is 0 Å². The molecule has 0 saturated carbocycles. The van der Waals surface area contributed by atoms with Gasteiger partial charge in [-0.3, -0.25) is 0 Å². The Balaban J connectivity index is 2.59. The summed E-state index contributed by atoms with van der Waals surface area (Å²) in [6.07, 6.45) is 5.67. The number of thiophene rings is 1. The minimum Gasteiger partial charge on any atom is -0.325 e. The molecular formula is C12H20BrNS. The summed E-state index contributed by atoms with van der Waals surface area (Å²) in [6.45, 7) is 4.41. The van der Waals surface area contributed by atoms with Gasteiger partial charge in [0.05, 0.1) is 0 Å². The smallest absolute Gasteiger partial charge is 0.0285 e. The molecule has 15 heavy (non-hydrogen) atoms. The molecule has 1 atom stereocenters. The highest BCUT2D eigenvalue weighted by Crippen LogP contribution is 2.27. The van der Waals surface area contributed by atoms with Crippen LogP contribution in [0.15, 0.2) is 15.9 Å². The zero-order valence-corrected chi connectivity index (χ0v) is 12.0. The van der Waals surface area contributed by atoms with Crippen molar-refractivity contribution in [2.75, 3.05) is 0 Å². The normalized spacial score (nSPS) is 15.2. The first-order chi connectivity index (χ1) is 7.09. The van der Waals surface area contributed by atoms with Gasteiger partial charge in [-0.05, 0) is 41.3 Å². The summed E-state index contributed by atoms with van der Waals surface area (Å²) >= 11 is 5.28. The SMILES string of the molecule is CCCCC(N)(CC)Cc1cc(Br)cs1. The lowest BCUT2D eigenvalue weighted by Gasteiger charge is -2.27. The second kappa shape index (κ2) is 6.02. The number of nitrogens with two attached hydrogens (primary N) is 1.